The van der Waals surface area contributed by atoms with Gasteiger partial charge in [-0.15, -0.1) is 0 Å². The van der Waals surface area contributed by atoms with Crippen LogP contribution in [-0.4, -0.2) is 12.0 Å². The fourth-order valence-electron chi connectivity index (χ4n) is 1.89. The summed E-state index contributed by atoms with van der Waals surface area (Å²) in [7, 11) is 2.03. The average Bonchev–Trinajstić information content (AvgIpc) is 2.50. The Hall–Kier alpha value is -0.760. The Balaban J connectivity index is 2.32. The number of aromatic nitrogens is 1. The second-order valence-corrected chi connectivity index (χ2v) is 3.15. The molecule has 60 valence electrons. The molecule has 1 aliphatic rings. The van der Waals surface area contributed by atoms with Gasteiger partial charge in [-0.05, 0) is 37.9 Å². The Morgan fingerprint density at radius 1 is 1.64 bits per heavy atom. The molecule has 0 saturated carbocycles. The van der Waals surface area contributed by atoms with E-state index in [1.165, 1.54) is 30.5 Å². The first-order valence-electron chi connectivity index (χ1n) is 4.25. The van der Waals surface area contributed by atoms with Crippen molar-refractivity contribution in [3.8, 4) is 0 Å². The predicted octanol–water partition coefficient (Wildman–Crippen LogP) is 1.61. The van der Waals surface area contributed by atoms with Gasteiger partial charge in [-0.25, -0.2) is 0 Å². The molecule has 0 fully saturated rings. The molecule has 1 heterocycles. The minimum atomic E-state index is 0.564. The van der Waals surface area contributed by atoms with Crippen LogP contribution < -0.4 is 5.32 Å². The van der Waals surface area contributed by atoms with E-state index in [9.17, 15) is 0 Å². The quantitative estimate of drug-likeness (QED) is 0.625. The Morgan fingerprint density at radius 3 is 3.36 bits per heavy atom. The van der Waals surface area contributed by atoms with Crippen LogP contribution in [0.1, 0.15) is 30.1 Å². The van der Waals surface area contributed by atoms with Crippen LogP contribution in [-0.2, 0) is 6.42 Å². The summed E-state index contributed by atoms with van der Waals surface area (Å²) in [5, 5.41) is 3.31. The maximum Gasteiger partial charge on any atom is 0.0473 e. The highest BCUT2D eigenvalue weighted by Gasteiger charge is 2.18. The molecule has 0 aliphatic heterocycles. The maximum atomic E-state index is 3.31. The van der Waals surface area contributed by atoms with E-state index >= 15 is 0 Å². The van der Waals surface area contributed by atoms with Crippen LogP contribution in [0.2, 0.25) is 0 Å². The third-order valence-electron chi connectivity index (χ3n) is 2.51. The smallest absolute Gasteiger partial charge is 0.0473 e. The molecule has 1 unspecified atom stereocenters. The molecule has 2 nitrogen and oxygen atoms in total. The summed E-state index contributed by atoms with van der Waals surface area (Å²) in [6, 6.07) is 2.76. The highest BCUT2D eigenvalue weighted by atomic mass is 14.9. The number of H-pyrrole nitrogens is 1. The second kappa shape index (κ2) is 2.70. The van der Waals surface area contributed by atoms with Crippen molar-refractivity contribution in [3.63, 3.8) is 0 Å². The van der Waals surface area contributed by atoms with Crippen LogP contribution in [0.4, 0.5) is 0 Å². The highest BCUT2D eigenvalue weighted by Crippen LogP contribution is 2.27. The number of nitrogens with one attached hydrogen (secondary N) is 2. The molecule has 11 heavy (non-hydrogen) atoms. The lowest BCUT2D eigenvalue weighted by molar-refractivity contribution is 0.488. The summed E-state index contributed by atoms with van der Waals surface area (Å²) < 4.78 is 0. The summed E-state index contributed by atoms with van der Waals surface area (Å²) in [5.74, 6) is 0. The van der Waals surface area contributed by atoms with E-state index in [0.29, 0.717) is 6.04 Å². The van der Waals surface area contributed by atoms with Crippen LogP contribution in [0, 0.1) is 0 Å². The van der Waals surface area contributed by atoms with Crippen molar-refractivity contribution in [1.29, 1.82) is 0 Å². The lowest BCUT2D eigenvalue weighted by atomic mass is 9.94. The van der Waals surface area contributed by atoms with Crippen LogP contribution in [0.5, 0.6) is 0 Å². The molecule has 1 atom stereocenters. The molecular weight excluding hydrogens is 136 g/mol. The SMILES string of the molecule is CNC1CCCc2cc[nH]c21. The summed E-state index contributed by atoms with van der Waals surface area (Å²) in [5.41, 5.74) is 2.90. The molecule has 0 amide bonds. The molecule has 1 aromatic rings. The Morgan fingerprint density at radius 2 is 2.55 bits per heavy atom. The predicted molar refractivity (Wildman–Crippen MR) is 45.5 cm³/mol. The van der Waals surface area contributed by atoms with Gasteiger partial charge in [0.1, 0.15) is 0 Å². The maximum absolute atomic E-state index is 3.31. The van der Waals surface area contributed by atoms with Gasteiger partial charge in [0, 0.05) is 17.9 Å². The minimum absolute atomic E-state index is 0.564. The number of aryl methyl sites for hydroxylation is 1. The van der Waals surface area contributed by atoms with Crippen molar-refractivity contribution in [3.05, 3.63) is 23.5 Å². The molecule has 1 aliphatic carbocycles. The lowest BCUT2D eigenvalue weighted by Crippen LogP contribution is -2.21. The number of rotatable bonds is 1. The van der Waals surface area contributed by atoms with E-state index < -0.39 is 0 Å². The lowest BCUT2D eigenvalue weighted by Gasteiger charge is -2.21. The fourth-order valence-corrected chi connectivity index (χ4v) is 1.89. The van der Waals surface area contributed by atoms with Gasteiger partial charge in [0.25, 0.3) is 0 Å². The third-order valence-corrected chi connectivity index (χ3v) is 2.51. The van der Waals surface area contributed by atoms with Gasteiger partial charge >= 0.3 is 0 Å². The Labute approximate surface area is 67.0 Å². The monoisotopic (exact) mass is 150 g/mol. The van der Waals surface area contributed by atoms with Crippen molar-refractivity contribution in [1.82, 2.24) is 10.3 Å². The van der Waals surface area contributed by atoms with Gasteiger partial charge in [0.2, 0.25) is 0 Å². The van der Waals surface area contributed by atoms with Crippen LogP contribution >= 0.6 is 0 Å². The fraction of sp³-hybridized carbons (Fsp3) is 0.556. The van der Waals surface area contributed by atoms with Crippen molar-refractivity contribution in [2.45, 2.75) is 25.3 Å². The largest absolute Gasteiger partial charge is 0.363 e. The Bertz CT molecular complexity index is 239. The van der Waals surface area contributed by atoms with E-state index in [1.54, 1.807) is 0 Å². The first-order chi connectivity index (χ1) is 5.42. The van der Waals surface area contributed by atoms with Crippen LogP contribution in [0.3, 0.4) is 0 Å². The van der Waals surface area contributed by atoms with E-state index in [1.807, 2.05) is 13.2 Å². The molecule has 2 N–H and O–H groups in total. The van der Waals surface area contributed by atoms with E-state index in [4.69, 9.17) is 0 Å². The Kier molecular flexibility index (Phi) is 1.70. The summed E-state index contributed by atoms with van der Waals surface area (Å²) >= 11 is 0. The van der Waals surface area contributed by atoms with Gasteiger partial charge in [0.05, 0.1) is 0 Å². The summed E-state index contributed by atoms with van der Waals surface area (Å²) in [6.07, 6.45) is 5.87. The molecule has 0 radical (unpaired) electrons. The van der Waals surface area contributed by atoms with Crippen LogP contribution in [0.15, 0.2) is 12.3 Å². The molecule has 1 aromatic heterocycles. The molecule has 2 heteroatoms. The van der Waals surface area contributed by atoms with Crippen molar-refractivity contribution >= 4 is 0 Å². The zero-order valence-corrected chi connectivity index (χ0v) is 6.85. The van der Waals surface area contributed by atoms with Gasteiger partial charge in [0.15, 0.2) is 0 Å². The number of fused-ring (bicyclic) bond motifs is 1. The topological polar surface area (TPSA) is 27.8 Å². The number of hydrogen-bond donors (Lipinski definition) is 2. The number of hydrogen-bond acceptors (Lipinski definition) is 1. The van der Waals surface area contributed by atoms with Gasteiger partial charge in [-0.2, -0.15) is 0 Å². The van der Waals surface area contributed by atoms with Crippen LogP contribution in [0.25, 0.3) is 0 Å². The molecule has 0 aromatic carbocycles. The van der Waals surface area contributed by atoms with Crippen molar-refractivity contribution in [2.75, 3.05) is 7.05 Å². The second-order valence-electron chi connectivity index (χ2n) is 3.15. The molecule has 0 saturated heterocycles. The third kappa shape index (κ3) is 1.07. The average molecular weight is 150 g/mol. The van der Waals surface area contributed by atoms with E-state index in [-0.39, 0.29) is 0 Å². The van der Waals surface area contributed by atoms with E-state index in [2.05, 4.69) is 16.4 Å². The van der Waals surface area contributed by atoms with Gasteiger partial charge in [-0.1, -0.05) is 0 Å². The van der Waals surface area contributed by atoms with Crippen molar-refractivity contribution in [2.24, 2.45) is 0 Å². The normalized spacial score (nSPS) is 23.2. The minimum Gasteiger partial charge on any atom is -0.363 e. The van der Waals surface area contributed by atoms with Gasteiger partial charge in [-0.3, -0.25) is 0 Å². The standard InChI is InChI=1S/C9H14N2/c1-10-8-4-2-3-7-5-6-11-9(7)8/h5-6,8,10-11H,2-4H2,1H3. The zero-order valence-electron chi connectivity index (χ0n) is 6.85. The summed E-state index contributed by atoms with van der Waals surface area (Å²) in [4.78, 5) is 3.30. The first-order valence-corrected chi connectivity index (χ1v) is 4.25. The van der Waals surface area contributed by atoms with Gasteiger partial charge < -0.3 is 10.3 Å². The summed E-state index contributed by atoms with van der Waals surface area (Å²) in [6.45, 7) is 0. The first kappa shape index (κ1) is 6.92. The molecule has 0 bridgehead atoms. The molecule has 0 spiro atoms. The number of aromatic amines is 1. The highest BCUT2D eigenvalue weighted by molar-refractivity contribution is 5.26. The molecule has 2 rings (SSSR count). The van der Waals surface area contributed by atoms with E-state index in [0.717, 1.165) is 0 Å². The zero-order chi connectivity index (χ0) is 7.68. The van der Waals surface area contributed by atoms with Crippen molar-refractivity contribution < 1.29 is 0 Å². The molecular formula is C9H14N2.